The highest BCUT2D eigenvalue weighted by Gasteiger charge is 2.16. The SMILES string of the molecule is COc1cc2ncnc(Nc3cccc(Cl)c3F)c2cc1NC(=O)C(F)=CCN(C)C. The number of ether oxygens (including phenoxy) is 1. The lowest BCUT2D eigenvalue weighted by molar-refractivity contribution is -0.114. The molecule has 162 valence electrons. The number of anilines is 3. The number of benzene rings is 2. The van der Waals surface area contributed by atoms with Crippen molar-refractivity contribution in [3.63, 3.8) is 0 Å². The fourth-order valence-electron chi connectivity index (χ4n) is 2.72. The first kappa shape index (κ1) is 22.4. The Morgan fingerprint density at radius 2 is 2.03 bits per heavy atom. The average molecular weight is 448 g/mol. The number of amides is 1. The third-order valence-corrected chi connectivity index (χ3v) is 4.55. The highest BCUT2D eigenvalue weighted by atomic mass is 35.5. The van der Waals surface area contributed by atoms with Gasteiger partial charge in [0.05, 0.1) is 29.0 Å². The zero-order chi connectivity index (χ0) is 22.5. The predicted octanol–water partition coefficient (Wildman–Crippen LogP) is 4.53. The topological polar surface area (TPSA) is 79.4 Å². The number of halogens is 3. The molecular weight excluding hydrogens is 428 g/mol. The van der Waals surface area contributed by atoms with Gasteiger partial charge in [-0.15, -0.1) is 0 Å². The summed E-state index contributed by atoms with van der Waals surface area (Å²) in [5.74, 6) is -1.94. The lowest BCUT2D eigenvalue weighted by Gasteiger charge is -2.14. The molecule has 0 bridgehead atoms. The maximum atomic E-state index is 14.3. The standard InChI is InChI=1S/C21H20ClF2N5O2/c1-29(2)8-7-14(23)21(30)28-17-9-12-16(10-18(17)31-3)25-11-26-20(12)27-15-6-4-5-13(22)19(15)24/h4-7,9-11H,8H2,1-3H3,(H,28,30)(H,25,26,27). The molecule has 2 N–H and O–H groups in total. The van der Waals surface area contributed by atoms with Crippen LogP contribution in [-0.4, -0.2) is 48.5 Å². The second-order valence-electron chi connectivity index (χ2n) is 6.79. The highest BCUT2D eigenvalue weighted by molar-refractivity contribution is 6.31. The van der Waals surface area contributed by atoms with E-state index in [1.807, 2.05) is 0 Å². The van der Waals surface area contributed by atoms with Crippen LogP contribution in [0.25, 0.3) is 10.9 Å². The van der Waals surface area contributed by atoms with E-state index in [2.05, 4.69) is 20.6 Å². The number of aromatic nitrogens is 2. The zero-order valence-corrected chi connectivity index (χ0v) is 17.8. The molecule has 0 aliphatic carbocycles. The van der Waals surface area contributed by atoms with Gasteiger partial charge in [-0.1, -0.05) is 17.7 Å². The van der Waals surface area contributed by atoms with E-state index in [0.29, 0.717) is 10.9 Å². The quantitative estimate of drug-likeness (QED) is 0.518. The predicted molar refractivity (Wildman–Crippen MR) is 117 cm³/mol. The number of nitrogens with one attached hydrogen (secondary N) is 2. The molecule has 1 amide bonds. The van der Waals surface area contributed by atoms with Crippen LogP contribution < -0.4 is 15.4 Å². The Morgan fingerprint density at radius 3 is 2.74 bits per heavy atom. The van der Waals surface area contributed by atoms with E-state index in [1.54, 1.807) is 31.1 Å². The van der Waals surface area contributed by atoms with Crippen LogP contribution in [0, 0.1) is 5.82 Å². The lowest BCUT2D eigenvalue weighted by Crippen LogP contribution is -2.16. The Bertz CT molecular complexity index is 1150. The number of hydrogen-bond acceptors (Lipinski definition) is 6. The zero-order valence-electron chi connectivity index (χ0n) is 17.0. The summed E-state index contributed by atoms with van der Waals surface area (Å²) in [6.45, 7) is 0.265. The summed E-state index contributed by atoms with van der Waals surface area (Å²) < 4.78 is 33.7. The van der Waals surface area contributed by atoms with Crippen LogP contribution in [0.5, 0.6) is 5.75 Å². The number of rotatable bonds is 7. The van der Waals surface area contributed by atoms with Gasteiger partial charge in [0.1, 0.15) is 17.9 Å². The van der Waals surface area contributed by atoms with Crippen molar-refractivity contribution in [2.75, 3.05) is 38.4 Å². The van der Waals surface area contributed by atoms with Crippen LogP contribution in [0.1, 0.15) is 0 Å². The normalized spacial score (nSPS) is 11.6. The summed E-state index contributed by atoms with van der Waals surface area (Å²) >= 11 is 5.84. The van der Waals surface area contributed by atoms with Crippen LogP contribution in [0.3, 0.4) is 0 Å². The van der Waals surface area contributed by atoms with Crippen molar-refractivity contribution in [2.45, 2.75) is 0 Å². The van der Waals surface area contributed by atoms with Crippen LogP contribution in [0.2, 0.25) is 5.02 Å². The van der Waals surface area contributed by atoms with E-state index in [-0.39, 0.29) is 34.5 Å². The van der Waals surface area contributed by atoms with Crippen LogP contribution >= 0.6 is 11.6 Å². The molecule has 0 saturated heterocycles. The smallest absolute Gasteiger partial charge is 0.284 e. The molecule has 2 aromatic carbocycles. The summed E-state index contributed by atoms with van der Waals surface area (Å²) in [6, 6.07) is 7.61. The van der Waals surface area contributed by atoms with E-state index in [1.165, 1.54) is 37.7 Å². The number of nitrogens with zero attached hydrogens (tertiary/aromatic N) is 3. The molecule has 0 fully saturated rings. The Balaban J connectivity index is 1.99. The fraction of sp³-hybridized carbons (Fsp3) is 0.190. The Kier molecular flexibility index (Phi) is 6.98. The van der Waals surface area contributed by atoms with Gasteiger partial charge in [-0.25, -0.2) is 18.7 Å². The molecule has 0 aliphatic heterocycles. The Morgan fingerprint density at radius 1 is 1.26 bits per heavy atom. The molecule has 0 spiro atoms. The number of methoxy groups -OCH3 is 1. The van der Waals surface area contributed by atoms with E-state index in [9.17, 15) is 13.6 Å². The van der Waals surface area contributed by atoms with Gasteiger partial charge in [0.15, 0.2) is 11.6 Å². The summed E-state index contributed by atoms with van der Waals surface area (Å²) in [5, 5.41) is 5.77. The molecule has 7 nitrogen and oxygen atoms in total. The van der Waals surface area contributed by atoms with E-state index in [4.69, 9.17) is 16.3 Å². The lowest BCUT2D eigenvalue weighted by atomic mass is 10.1. The third-order valence-electron chi connectivity index (χ3n) is 4.26. The summed E-state index contributed by atoms with van der Waals surface area (Å²) in [5.41, 5.74) is 0.794. The van der Waals surface area contributed by atoms with Crippen molar-refractivity contribution in [3.8, 4) is 5.75 Å². The molecule has 0 atom stereocenters. The number of carbonyl (C=O) groups is 1. The summed E-state index contributed by atoms with van der Waals surface area (Å²) in [4.78, 5) is 22.3. The van der Waals surface area contributed by atoms with Crippen molar-refractivity contribution in [2.24, 2.45) is 0 Å². The first-order valence-corrected chi connectivity index (χ1v) is 9.53. The Hall–Kier alpha value is -3.30. The second-order valence-corrected chi connectivity index (χ2v) is 7.19. The van der Waals surface area contributed by atoms with Crippen LogP contribution in [-0.2, 0) is 4.79 Å². The number of carbonyl (C=O) groups excluding carboxylic acids is 1. The van der Waals surface area contributed by atoms with Crippen molar-refractivity contribution in [3.05, 3.63) is 59.4 Å². The van der Waals surface area contributed by atoms with Gasteiger partial charge in [0.2, 0.25) is 0 Å². The molecule has 3 aromatic rings. The van der Waals surface area contributed by atoms with Gasteiger partial charge in [-0.2, -0.15) is 0 Å². The Labute approximate surface area is 182 Å². The second kappa shape index (κ2) is 9.67. The number of fused-ring (bicyclic) bond motifs is 1. The van der Waals surface area contributed by atoms with Crippen molar-refractivity contribution < 1.29 is 18.3 Å². The average Bonchev–Trinajstić information content (AvgIpc) is 2.75. The molecule has 1 aromatic heterocycles. The highest BCUT2D eigenvalue weighted by Crippen LogP contribution is 2.34. The molecular formula is C21H20ClF2N5O2. The van der Waals surface area contributed by atoms with Crippen molar-refractivity contribution in [1.82, 2.24) is 14.9 Å². The molecule has 0 saturated carbocycles. The van der Waals surface area contributed by atoms with Crippen molar-refractivity contribution in [1.29, 1.82) is 0 Å². The largest absolute Gasteiger partial charge is 0.494 e. The van der Waals surface area contributed by atoms with E-state index in [0.717, 1.165) is 0 Å². The van der Waals surface area contributed by atoms with Crippen LogP contribution in [0.15, 0.2) is 48.6 Å². The maximum Gasteiger partial charge on any atom is 0.284 e. The fourth-order valence-corrected chi connectivity index (χ4v) is 2.89. The van der Waals surface area contributed by atoms with Gasteiger partial charge in [-0.05, 0) is 38.4 Å². The molecule has 1 heterocycles. The third kappa shape index (κ3) is 5.25. The minimum atomic E-state index is -0.931. The minimum Gasteiger partial charge on any atom is -0.494 e. The summed E-state index contributed by atoms with van der Waals surface area (Å²) in [7, 11) is 4.92. The van der Waals surface area contributed by atoms with Gasteiger partial charge < -0.3 is 20.3 Å². The summed E-state index contributed by atoms with van der Waals surface area (Å²) in [6.07, 6.45) is 2.47. The molecule has 0 unspecified atom stereocenters. The first-order chi connectivity index (χ1) is 14.8. The first-order valence-electron chi connectivity index (χ1n) is 9.15. The van der Waals surface area contributed by atoms with Gasteiger partial charge in [0, 0.05) is 18.0 Å². The van der Waals surface area contributed by atoms with Gasteiger partial charge in [0.25, 0.3) is 5.91 Å². The van der Waals surface area contributed by atoms with E-state index < -0.39 is 17.6 Å². The number of likely N-dealkylation sites (N-methyl/N-ethyl adjacent to an activating group) is 1. The van der Waals surface area contributed by atoms with E-state index >= 15 is 0 Å². The van der Waals surface area contributed by atoms with Crippen molar-refractivity contribution >= 4 is 45.6 Å². The monoisotopic (exact) mass is 447 g/mol. The number of hydrogen-bond donors (Lipinski definition) is 2. The van der Waals surface area contributed by atoms with Gasteiger partial charge >= 0.3 is 0 Å². The van der Waals surface area contributed by atoms with Crippen LogP contribution in [0.4, 0.5) is 26.0 Å². The molecule has 0 aliphatic rings. The molecule has 31 heavy (non-hydrogen) atoms. The molecule has 10 heteroatoms. The van der Waals surface area contributed by atoms with Gasteiger partial charge in [-0.3, -0.25) is 4.79 Å². The maximum absolute atomic E-state index is 14.3. The minimum absolute atomic E-state index is 0.0435. The molecule has 3 rings (SSSR count). The molecule has 0 radical (unpaired) electrons.